The van der Waals surface area contributed by atoms with Gasteiger partial charge < -0.3 is 15.1 Å². The number of nitrogens with one attached hydrogen (secondary N) is 3. The van der Waals surface area contributed by atoms with Crippen molar-refractivity contribution >= 4 is 5.96 Å². The number of hydrogen-bond acceptors (Lipinski definition) is 5. The minimum atomic E-state index is 0.282. The molecule has 0 bridgehead atoms. The highest BCUT2D eigenvalue weighted by Crippen LogP contribution is 2.19. The molecule has 0 aliphatic heterocycles. The summed E-state index contributed by atoms with van der Waals surface area (Å²) in [5.74, 6) is 2.80. The average Bonchev–Trinajstić information content (AvgIpc) is 3.48. The van der Waals surface area contributed by atoms with E-state index >= 15 is 0 Å². The molecule has 0 spiro atoms. The summed E-state index contributed by atoms with van der Waals surface area (Å²) >= 11 is 0. The molecule has 1 atom stereocenters. The summed E-state index contributed by atoms with van der Waals surface area (Å²) in [6.45, 7) is 7.84. The molecule has 3 aromatic rings. The number of nitrogens with zero attached hydrogens (tertiary/aromatic N) is 4. The standard InChI is InChI=1S/C22H31N7O/c1-4-29(5-2)18(17-10-7-6-8-11-17)16-25-22(23-3)24-14-13-20-26-21(28-27-20)19-12-9-15-30-19/h6-12,15,18H,4-5,13-14,16H2,1-3H3,(H2,23,24,25)(H,26,27,28). The predicted molar refractivity (Wildman–Crippen MR) is 119 cm³/mol. The Labute approximate surface area is 177 Å². The molecule has 1 unspecified atom stereocenters. The maximum Gasteiger partial charge on any atom is 0.216 e. The van der Waals surface area contributed by atoms with E-state index in [0.29, 0.717) is 24.6 Å². The Balaban J connectivity index is 1.52. The van der Waals surface area contributed by atoms with Gasteiger partial charge >= 0.3 is 0 Å². The molecule has 0 aliphatic carbocycles. The van der Waals surface area contributed by atoms with Gasteiger partial charge in [-0.25, -0.2) is 4.98 Å². The zero-order valence-corrected chi connectivity index (χ0v) is 17.9. The van der Waals surface area contributed by atoms with Crippen molar-refractivity contribution < 1.29 is 4.42 Å². The van der Waals surface area contributed by atoms with Crippen molar-refractivity contribution in [3.8, 4) is 11.6 Å². The number of benzene rings is 1. The Morgan fingerprint density at radius 2 is 1.93 bits per heavy atom. The monoisotopic (exact) mass is 409 g/mol. The Kier molecular flexibility index (Phi) is 8.02. The van der Waals surface area contributed by atoms with Gasteiger partial charge in [0, 0.05) is 26.6 Å². The Bertz CT molecular complexity index is 885. The first-order chi connectivity index (χ1) is 14.7. The molecule has 8 heteroatoms. The summed E-state index contributed by atoms with van der Waals surface area (Å²) < 4.78 is 5.33. The SMILES string of the molecule is CCN(CC)C(CNC(=NC)NCCc1nc(-c2ccco2)n[nH]1)c1ccccc1. The molecule has 2 aromatic heterocycles. The number of guanidine groups is 1. The van der Waals surface area contributed by atoms with Crippen LogP contribution >= 0.6 is 0 Å². The molecule has 0 aliphatic rings. The quantitative estimate of drug-likeness (QED) is 0.352. The van der Waals surface area contributed by atoms with Crippen molar-refractivity contribution in [2.24, 2.45) is 4.99 Å². The summed E-state index contributed by atoms with van der Waals surface area (Å²) in [4.78, 5) is 11.3. The van der Waals surface area contributed by atoms with E-state index in [0.717, 1.165) is 31.4 Å². The summed E-state index contributed by atoms with van der Waals surface area (Å²) in [6.07, 6.45) is 2.32. The van der Waals surface area contributed by atoms with Gasteiger partial charge in [0.05, 0.1) is 12.3 Å². The number of aromatic nitrogens is 3. The van der Waals surface area contributed by atoms with Gasteiger partial charge in [-0.05, 0) is 30.8 Å². The largest absolute Gasteiger partial charge is 0.461 e. The van der Waals surface area contributed by atoms with Gasteiger partial charge in [-0.1, -0.05) is 44.2 Å². The maximum absolute atomic E-state index is 5.33. The van der Waals surface area contributed by atoms with Crippen LogP contribution in [0.3, 0.4) is 0 Å². The van der Waals surface area contributed by atoms with Gasteiger partial charge in [0.25, 0.3) is 0 Å². The van der Waals surface area contributed by atoms with E-state index in [1.54, 1.807) is 13.3 Å². The van der Waals surface area contributed by atoms with Gasteiger partial charge in [-0.3, -0.25) is 15.0 Å². The average molecular weight is 410 g/mol. The van der Waals surface area contributed by atoms with E-state index in [1.807, 2.05) is 12.1 Å². The number of H-pyrrole nitrogens is 1. The van der Waals surface area contributed by atoms with Crippen LogP contribution in [0.1, 0.15) is 31.3 Å². The van der Waals surface area contributed by atoms with Crippen LogP contribution in [0.25, 0.3) is 11.6 Å². The van der Waals surface area contributed by atoms with Crippen LogP contribution in [0.5, 0.6) is 0 Å². The van der Waals surface area contributed by atoms with Gasteiger partial charge in [0.2, 0.25) is 5.82 Å². The number of aliphatic imine (C=N–C) groups is 1. The van der Waals surface area contributed by atoms with Gasteiger partial charge in [0.15, 0.2) is 11.7 Å². The van der Waals surface area contributed by atoms with E-state index in [-0.39, 0.29) is 6.04 Å². The van der Waals surface area contributed by atoms with Crippen LogP contribution in [0.15, 0.2) is 58.1 Å². The number of hydrogen-bond donors (Lipinski definition) is 3. The molecule has 0 saturated carbocycles. The first-order valence-corrected chi connectivity index (χ1v) is 10.4. The van der Waals surface area contributed by atoms with Crippen molar-refractivity contribution in [3.63, 3.8) is 0 Å². The van der Waals surface area contributed by atoms with Crippen molar-refractivity contribution in [3.05, 3.63) is 60.1 Å². The molecule has 8 nitrogen and oxygen atoms in total. The van der Waals surface area contributed by atoms with Crippen LogP contribution in [-0.4, -0.2) is 59.3 Å². The van der Waals surface area contributed by atoms with Gasteiger partial charge in [-0.15, -0.1) is 0 Å². The Morgan fingerprint density at radius 1 is 1.13 bits per heavy atom. The summed E-state index contributed by atoms with van der Waals surface area (Å²) in [5.41, 5.74) is 1.30. The summed E-state index contributed by atoms with van der Waals surface area (Å²) in [7, 11) is 1.79. The lowest BCUT2D eigenvalue weighted by atomic mass is 10.1. The molecular formula is C22H31N7O. The molecular weight excluding hydrogens is 378 g/mol. The molecule has 0 radical (unpaired) electrons. The molecule has 3 N–H and O–H groups in total. The number of rotatable bonds is 10. The Hall–Kier alpha value is -3.13. The highest BCUT2D eigenvalue weighted by Gasteiger charge is 2.18. The molecule has 2 heterocycles. The predicted octanol–water partition coefficient (Wildman–Crippen LogP) is 2.86. The second kappa shape index (κ2) is 11.2. The molecule has 0 saturated heterocycles. The molecule has 3 rings (SSSR count). The van der Waals surface area contributed by atoms with Gasteiger partial charge in [-0.2, -0.15) is 5.10 Å². The van der Waals surface area contributed by atoms with Crippen molar-refractivity contribution in [2.75, 3.05) is 33.2 Å². The second-order valence-corrected chi connectivity index (χ2v) is 6.86. The third-order valence-corrected chi connectivity index (χ3v) is 5.05. The topological polar surface area (TPSA) is 94.4 Å². The molecule has 0 fully saturated rings. The second-order valence-electron chi connectivity index (χ2n) is 6.86. The van der Waals surface area contributed by atoms with Crippen molar-refractivity contribution in [1.82, 2.24) is 30.7 Å². The minimum Gasteiger partial charge on any atom is -0.461 e. The zero-order chi connectivity index (χ0) is 21.2. The Morgan fingerprint density at radius 3 is 2.60 bits per heavy atom. The maximum atomic E-state index is 5.33. The highest BCUT2D eigenvalue weighted by molar-refractivity contribution is 5.79. The summed E-state index contributed by atoms with van der Waals surface area (Å²) in [6, 6.07) is 14.5. The van der Waals surface area contributed by atoms with Crippen LogP contribution in [0, 0.1) is 0 Å². The first-order valence-electron chi connectivity index (χ1n) is 10.4. The lowest BCUT2D eigenvalue weighted by Gasteiger charge is -2.30. The van der Waals surface area contributed by atoms with E-state index in [1.165, 1.54) is 5.56 Å². The lowest BCUT2D eigenvalue weighted by Crippen LogP contribution is -2.43. The van der Waals surface area contributed by atoms with Crippen LogP contribution < -0.4 is 10.6 Å². The third kappa shape index (κ3) is 5.70. The van der Waals surface area contributed by atoms with Crippen molar-refractivity contribution in [1.29, 1.82) is 0 Å². The van der Waals surface area contributed by atoms with E-state index in [2.05, 4.69) is 79.9 Å². The molecule has 1 aromatic carbocycles. The first kappa shape index (κ1) is 21.6. The van der Waals surface area contributed by atoms with Crippen molar-refractivity contribution in [2.45, 2.75) is 26.3 Å². The zero-order valence-electron chi connectivity index (χ0n) is 17.9. The number of likely N-dealkylation sites (N-methyl/N-ethyl adjacent to an activating group) is 1. The van der Waals surface area contributed by atoms with Crippen LogP contribution in [0.2, 0.25) is 0 Å². The number of aromatic amines is 1. The summed E-state index contributed by atoms with van der Waals surface area (Å²) in [5, 5.41) is 14.0. The smallest absolute Gasteiger partial charge is 0.216 e. The fraction of sp³-hybridized carbons (Fsp3) is 0.409. The third-order valence-electron chi connectivity index (χ3n) is 5.05. The normalized spacial score (nSPS) is 12.9. The van der Waals surface area contributed by atoms with E-state index in [9.17, 15) is 0 Å². The van der Waals surface area contributed by atoms with Crippen LogP contribution in [0.4, 0.5) is 0 Å². The van der Waals surface area contributed by atoms with Gasteiger partial charge in [0.1, 0.15) is 5.82 Å². The minimum absolute atomic E-state index is 0.282. The lowest BCUT2D eigenvalue weighted by molar-refractivity contribution is 0.219. The fourth-order valence-corrected chi connectivity index (χ4v) is 3.43. The van der Waals surface area contributed by atoms with E-state index < -0.39 is 0 Å². The highest BCUT2D eigenvalue weighted by atomic mass is 16.3. The number of furan rings is 1. The van der Waals surface area contributed by atoms with Crippen LogP contribution in [-0.2, 0) is 6.42 Å². The molecule has 160 valence electrons. The van der Waals surface area contributed by atoms with E-state index in [4.69, 9.17) is 4.42 Å². The fourth-order valence-electron chi connectivity index (χ4n) is 3.43. The molecule has 0 amide bonds. The molecule has 30 heavy (non-hydrogen) atoms.